The summed E-state index contributed by atoms with van der Waals surface area (Å²) in [5.74, 6) is -0.317. The number of amides is 1. The fraction of sp³-hybridized carbons (Fsp3) is 0.286. The molecule has 1 amide bonds. The van der Waals surface area contributed by atoms with Gasteiger partial charge < -0.3 is 19.9 Å². The van der Waals surface area contributed by atoms with E-state index in [1.807, 2.05) is 0 Å². The Hall–Kier alpha value is -2.50. The zero-order valence-electron chi connectivity index (χ0n) is 11.6. The molecule has 1 aromatic rings. The summed E-state index contributed by atoms with van der Waals surface area (Å²) >= 11 is 0. The molecule has 6 heteroatoms. The van der Waals surface area contributed by atoms with Crippen LogP contribution in [0, 0.1) is 0 Å². The Kier molecular flexibility index (Phi) is 5.58. The number of hydrogen-bond donors (Lipinski definition) is 1. The monoisotopic (exact) mass is 279 g/mol. The topological polar surface area (TPSA) is 87.9 Å². The SMILES string of the molecule is COc1cccc(/C=C/C(=O)O[C@H](C)C(N)=O)c1OC. The molecule has 1 atom stereocenters. The minimum Gasteiger partial charge on any atom is -0.493 e. The number of hydrogen-bond acceptors (Lipinski definition) is 5. The van der Waals surface area contributed by atoms with E-state index in [2.05, 4.69) is 0 Å². The lowest BCUT2D eigenvalue weighted by Gasteiger charge is -2.10. The van der Waals surface area contributed by atoms with Gasteiger partial charge in [-0.2, -0.15) is 0 Å². The first-order valence-corrected chi connectivity index (χ1v) is 5.88. The van der Waals surface area contributed by atoms with E-state index in [0.29, 0.717) is 17.1 Å². The molecule has 0 bridgehead atoms. The molecule has 0 saturated heterocycles. The van der Waals surface area contributed by atoms with E-state index in [0.717, 1.165) is 0 Å². The number of rotatable bonds is 6. The van der Waals surface area contributed by atoms with Crippen LogP contribution in [0.4, 0.5) is 0 Å². The van der Waals surface area contributed by atoms with Gasteiger partial charge in [-0.25, -0.2) is 4.79 Å². The van der Waals surface area contributed by atoms with E-state index in [1.54, 1.807) is 18.2 Å². The van der Waals surface area contributed by atoms with Crippen LogP contribution in [0.1, 0.15) is 12.5 Å². The molecular weight excluding hydrogens is 262 g/mol. The van der Waals surface area contributed by atoms with Crippen molar-refractivity contribution in [2.75, 3.05) is 14.2 Å². The van der Waals surface area contributed by atoms with Crippen molar-refractivity contribution < 1.29 is 23.8 Å². The predicted octanol–water partition coefficient (Wildman–Crippen LogP) is 1.13. The number of esters is 1. The third kappa shape index (κ3) is 4.01. The second-order valence-electron chi connectivity index (χ2n) is 3.90. The highest BCUT2D eigenvalue weighted by Gasteiger charge is 2.13. The van der Waals surface area contributed by atoms with Gasteiger partial charge in [0.15, 0.2) is 17.6 Å². The van der Waals surface area contributed by atoms with E-state index in [1.165, 1.54) is 33.3 Å². The third-order valence-corrected chi connectivity index (χ3v) is 2.53. The molecule has 0 heterocycles. The molecule has 20 heavy (non-hydrogen) atoms. The van der Waals surface area contributed by atoms with Crippen LogP contribution in [0.25, 0.3) is 6.08 Å². The Morgan fingerprint density at radius 1 is 1.25 bits per heavy atom. The van der Waals surface area contributed by atoms with E-state index >= 15 is 0 Å². The first-order chi connectivity index (χ1) is 9.49. The second-order valence-corrected chi connectivity index (χ2v) is 3.90. The molecule has 1 rings (SSSR count). The van der Waals surface area contributed by atoms with Gasteiger partial charge in [-0.05, 0) is 19.1 Å². The Bertz CT molecular complexity index is 524. The van der Waals surface area contributed by atoms with Crippen LogP contribution >= 0.6 is 0 Å². The smallest absolute Gasteiger partial charge is 0.331 e. The van der Waals surface area contributed by atoms with Gasteiger partial charge in [-0.1, -0.05) is 12.1 Å². The van der Waals surface area contributed by atoms with Crippen molar-refractivity contribution >= 4 is 18.0 Å². The number of carbonyl (C=O) groups excluding carboxylic acids is 2. The number of nitrogens with two attached hydrogens (primary N) is 1. The van der Waals surface area contributed by atoms with Gasteiger partial charge in [0.25, 0.3) is 5.91 Å². The number of ether oxygens (including phenoxy) is 3. The third-order valence-electron chi connectivity index (χ3n) is 2.53. The van der Waals surface area contributed by atoms with Gasteiger partial charge in [0.2, 0.25) is 0 Å². The molecule has 0 unspecified atom stereocenters. The summed E-state index contributed by atoms with van der Waals surface area (Å²) in [7, 11) is 3.02. The highest BCUT2D eigenvalue weighted by Crippen LogP contribution is 2.31. The normalized spacial score (nSPS) is 11.9. The number of carbonyl (C=O) groups is 2. The summed E-state index contributed by atoms with van der Waals surface area (Å²) in [5.41, 5.74) is 5.65. The first kappa shape index (κ1) is 15.6. The Labute approximate surface area is 117 Å². The van der Waals surface area contributed by atoms with Crippen molar-refractivity contribution in [3.63, 3.8) is 0 Å². The molecule has 6 nitrogen and oxygen atoms in total. The molecule has 0 saturated carbocycles. The lowest BCUT2D eigenvalue weighted by Crippen LogP contribution is -2.29. The Morgan fingerprint density at radius 3 is 2.50 bits per heavy atom. The van der Waals surface area contributed by atoms with Crippen LogP contribution in [0.15, 0.2) is 24.3 Å². The van der Waals surface area contributed by atoms with E-state index in [-0.39, 0.29) is 0 Å². The van der Waals surface area contributed by atoms with Gasteiger partial charge in [0.05, 0.1) is 14.2 Å². The quantitative estimate of drug-likeness (QED) is 0.623. The molecule has 0 aliphatic rings. The minimum absolute atomic E-state index is 0.502. The summed E-state index contributed by atoms with van der Waals surface area (Å²) in [6, 6.07) is 5.25. The molecule has 0 fully saturated rings. The van der Waals surface area contributed by atoms with Crippen molar-refractivity contribution in [2.24, 2.45) is 5.73 Å². The van der Waals surface area contributed by atoms with Crippen LogP contribution in [0.5, 0.6) is 11.5 Å². The van der Waals surface area contributed by atoms with Crippen molar-refractivity contribution in [3.8, 4) is 11.5 Å². The maximum Gasteiger partial charge on any atom is 0.331 e. The average molecular weight is 279 g/mol. The molecule has 0 aliphatic carbocycles. The lowest BCUT2D eigenvalue weighted by molar-refractivity contribution is -0.148. The van der Waals surface area contributed by atoms with Crippen molar-refractivity contribution in [3.05, 3.63) is 29.8 Å². The van der Waals surface area contributed by atoms with E-state index in [4.69, 9.17) is 19.9 Å². The molecule has 108 valence electrons. The largest absolute Gasteiger partial charge is 0.493 e. The first-order valence-electron chi connectivity index (χ1n) is 5.88. The average Bonchev–Trinajstić information content (AvgIpc) is 2.44. The number of benzene rings is 1. The number of primary amides is 1. The van der Waals surface area contributed by atoms with Gasteiger partial charge in [0.1, 0.15) is 0 Å². The maximum absolute atomic E-state index is 11.5. The Balaban J connectivity index is 2.85. The van der Waals surface area contributed by atoms with Gasteiger partial charge >= 0.3 is 5.97 Å². The highest BCUT2D eigenvalue weighted by atomic mass is 16.5. The van der Waals surface area contributed by atoms with Crippen molar-refractivity contribution in [1.82, 2.24) is 0 Å². The fourth-order valence-corrected chi connectivity index (χ4v) is 1.47. The molecule has 2 N–H and O–H groups in total. The van der Waals surface area contributed by atoms with E-state index < -0.39 is 18.0 Å². The Morgan fingerprint density at radius 2 is 1.95 bits per heavy atom. The number of para-hydroxylation sites is 1. The molecule has 1 aromatic carbocycles. The summed E-state index contributed by atoms with van der Waals surface area (Å²) in [5, 5.41) is 0. The summed E-state index contributed by atoms with van der Waals surface area (Å²) in [6.45, 7) is 1.40. The predicted molar refractivity (Wildman–Crippen MR) is 73.3 cm³/mol. The fourth-order valence-electron chi connectivity index (χ4n) is 1.47. The summed E-state index contributed by atoms with van der Waals surface area (Å²) < 4.78 is 15.2. The van der Waals surface area contributed by atoms with Crippen LogP contribution < -0.4 is 15.2 Å². The van der Waals surface area contributed by atoms with E-state index in [9.17, 15) is 9.59 Å². The molecular formula is C14H17NO5. The zero-order chi connectivity index (χ0) is 15.1. The second kappa shape index (κ2) is 7.18. The summed E-state index contributed by atoms with van der Waals surface area (Å²) in [4.78, 5) is 22.3. The molecule has 0 aromatic heterocycles. The lowest BCUT2D eigenvalue weighted by atomic mass is 10.1. The summed E-state index contributed by atoms with van der Waals surface area (Å²) in [6.07, 6.45) is 1.73. The van der Waals surface area contributed by atoms with Gasteiger partial charge in [0, 0.05) is 11.6 Å². The maximum atomic E-state index is 11.5. The molecule has 0 radical (unpaired) electrons. The molecule has 0 aliphatic heterocycles. The van der Waals surface area contributed by atoms with Crippen LogP contribution in [-0.2, 0) is 14.3 Å². The van der Waals surface area contributed by atoms with Crippen LogP contribution in [-0.4, -0.2) is 32.2 Å². The number of methoxy groups -OCH3 is 2. The zero-order valence-corrected chi connectivity index (χ0v) is 11.6. The van der Waals surface area contributed by atoms with Crippen molar-refractivity contribution in [1.29, 1.82) is 0 Å². The van der Waals surface area contributed by atoms with Gasteiger partial charge in [-0.3, -0.25) is 4.79 Å². The van der Waals surface area contributed by atoms with Crippen LogP contribution in [0.2, 0.25) is 0 Å². The van der Waals surface area contributed by atoms with Crippen LogP contribution in [0.3, 0.4) is 0 Å². The van der Waals surface area contributed by atoms with Crippen molar-refractivity contribution in [2.45, 2.75) is 13.0 Å². The molecule has 0 spiro atoms. The highest BCUT2D eigenvalue weighted by molar-refractivity contribution is 5.90. The van der Waals surface area contributed by atoms with Gasteiger partial charge in [-0.15, -0.1) is 0 Å². The minimum atomic E-state index is -0.973. The standard InChI is InChI=1S/C14H17NO5/c1-9(14(15)17)20-12(16)8-7-10-5-4-6-11(18-2)13(10)19-3/h4-9H,1-3H3,(H2,15,17)/b8-7+/t9-/m1/s1.